The SMILES string of the molecule is CN1C[C@H]2CC3=C[C@H](C(=O)CC3)[C@@H]3C=C(CCC3=O)C[C@@H]1CN2. The van der Waals surface area contributed by atoms with E-state index in [-0.39, 0.29) is 23.4 Å². The van der Waals surface area contributed by atoms with Crippen molar-refractivity contribution in [1.82, 2.24) is 10.2 Å². The molecule has 3 aliphatic heterocycles. The summed E-state index contributed by atoms with van der Waals surface area (Å²) in [7, 11) is 2.22. The molecule has 0 saturated carbocycles. The number of likely N-dealkylation sites (N-methyl/N-ethyl adjacent to an activating group) is 1. The third-order valence-corrected chi connectivity index (χ3v) is 6.13. The summed E-state index contributed by atoms with van der Waals surface area (Å²) in [6, 6.07) is 0.982. The van der Waals surface area contributed by atoms with E-state index in [9.17, 15) is 9.59 Å². The Labute approximate surface area is 138 Å². The lowest BCUT2D eigenvalue weighted by molar-refractivity contribution is -0.130. The highest BCUT2D eigenvalue weighted by molar-refractivity contribution is 5.93. The highest BCUT2D eigenvalue weighted by atomic mass is 16.1. The van der Waals surface area contributed by atoms with Gasteiger partial charge in [-0.1, -0.05) is 23.3 Å². The number of ketones is 2. The van der Waals surface area contributed by atoms with Gasteiger partial charge < -0.3 is 10.2 Å². The Morgan fingerprint density at radius 2 is 1.57 bits per heavy atom. The maximum absolute atomic E-state index is 12.4. The molecule has 0 aromatic rings. The number of rotatable bonds is 0. The molecule has 0 radical (unpaired) electrons. The van der Waals surface area contributed by atoms with Crippen molar-refractivity contribution in [3.63, 3.8) is 0 Å². The Morgan fingerprint density at radius 3 is 2.17 bits per heavy atom. The first-order valence-corrected chi connectivity index (χ1v) is 8.98. The van der Waals surface area contributed by atoms with Crippen molar-refractivity contribution in [1.29, 1.82) is 0 Å². The molecule has 0 aromatic carbocycles. The zero-order valence-electron chi connectivity index (χ0n) is 13.9. The van der Waals surface area contributed by atoms with Crippen LogP contribution >= 0.6 is 0 Å². The van der Waals surface area contributed by atoms with E-state index in [1.807, 2.05) is 0 Å². The Morgan fingerprint density at radius 1 is 0.957 bits per heavy atom. The van der Waals surface area contributed by atoms with Crippen molar-refractivity contribution in [2.24, 2.45) is 11.8 Å². The minimum atomic E-state index is -0.197. The van der Waals surface area contributed by atoms with Crippen LogP contribution in [-0.2, 0) is 9.59 Å². The van der Waals surface area contributed by atoms with E-state index >= 15 is 0 Å². The molecule has 1 saturated heterocycles. The number of nitrogens with zero attached hydrogens (tertiary/aromatic N) is 1. The zero-order chi connectivity index (χ0) is 16.0. The van der Waals surface area contributed by atoms with Gasteiger partial charge in [0.1, 0.15) is 11.6 Å². The Bertz CT molecular complexity index is 592. The van der Waals surface area contributed by atoms with E-state index in [4.69, 9.17) is 0 Å². The van der Waals surface area contributed by atoms with Gasteiger partial charge in [0.2, 0.25) is 0 Å². The molecule has 3 heterocycles. The van der Waals surface area contributed by atoms with Crippen LogP contribution < -0.4 is 5.32 Å². The fraction of sp³-hybridized carbons (Fsp3) is 0.684. The molecule has 4 heteroatoms. The van der Waals surface area contributed by atoms with Crippen LogP contribution in [-0.4, -0.2) is 48.7 Å². The highest BCUT2D eigenvalue weighted by Crippen LogP contribution is 2.36. The Hall–Kier alpha value is -1.26. The number of allylic oxidation sites excluding steroid dienone is 2. The van der Waals surface area contributed by atoms with Crippen molar-refractivity contribution in [2.75, 3.05) is 20.1 Å². The van der Waals surface area contributed by atoms with Crippen molar-refractivity contribution in [3.05, 3.63) is 23.3 Å². The number of nitrogens with one attached hydrogen (secondary N) is 1. The summed E-state index contributed by atoms with van der Waals surface area (Å²) in [5.74, 6) is 0.130. The average Bonchev–Trinajstić information content (AvgIpc) is 2.53. The number of piperazine rings is 1. The molecular formula is C19H26N2O2. The van der Waals surface area contributed by atoms with Gasteiger partial charge in [-0.2, -0.15) is 0 Å². The number of carbonyl (C=O) groups is 2. The molecule has 1 N–H and O–H groups in total. The molecule has 0 amide bonds. The lowest BCUT2D eigenvalue weighted by Gasteiger charge is -2.41. The maximum atomic E-state index is 12.4. The van der Waals surface area contributed by atoms with Gasteiger partial charge in [0.25, 0.3) is 0 Å². The summed E-state index contributed by atoms with van der Waals surface area (Å²) >= 11 is 0. The molecule has 4 nitrogen and oxygen atoms in total. The average molecular weight is 314 g/mol. The molecule has 0 unspecified atom stereocenters. The smallest absolute Gasteiger partial charge is 0.141 e. The zero-order valence-corrected chi connectivity index (χ0v) is 13.9. The van der Waals surface area contributed by atoms with Gasteiger partial charge in [0.05, 0.1) is 0 Å². The monoisotopic (exact) mass is 314 g/mol. The van der Waals surface area contributed by atoms with E-state index in [0.717, 1.165) is 38.8 Å². The van der Waals surface area contributed by atoms with Crippen LogP contribution in [0.4, 0.5) is 0 Å². The first kappa shape index (κ1) is 15.3. The van der Waals surface area contributed by atoms with Gasteiger partial charge in [0, 0.05) is 49.9 Å². The van der Waals surface area contributed by atoms with E-state index in [0.29, 0.717) is 24.9 Å². The topological polar surface area (TPSA) is 49.4 Å². The first-order valence-electron chi connectivity index (χ1n) is 8.98. The third kappa shape index (κ3) is 2.94. The second kappa shape index (κ2) is 5.99. The molecule has 124 valence electrons. The third-order valence-electron chi connectivity index (χ3n) is 6.13. The van der Waals surface area contributed by atoms with Gasteiger partial charge in [-0.25, -0.2) is 0 Å². The van der Waals surface area contributed by atoms with Gasteiger partial charge in [-0.3, -0.25) is 9.59 Å². The van der Waals surface area contributed by atoms with Crippen molar-refractivity contribution in [2.45, 2.75) is 50.6 Å². The number of Topliss-reactive ketones (excluding diaryl/α,β-unsaturated/α-hetero) is 2. The van der Waals surface area contributed by atoms with Crippen LogP contribution in [0.2, 0.25) is 0 Å². The van der Waals surface area contributed by atoms with E-state index in [1.54, 1.807) is 0 Å². The minimum absolute atomic E-state index is 0.197. The molecule has 2 aliphatic carbocycles. The quantitative estimate of drug-likeness (QED) is 0.694. The predicted molar refractivity (Wildman–Crippen MR) is 89.1 cm³/mol. The fourth-order valence-corrected chi connectivity index (χ4v) is 4.71. The van der Waals surface area contributed by atoms with E-state index in [2.05, 4.69) is 29.4 Å². The molecule has 5 rings (SSSR count). The van der Waals surface area contributed by atoms with Gasteiger partial charge in [-0.05, 0) is 32.7 Å². The highest BCUT2D eigenvalue weighted by Gasteiger charge is 2.37. The molecule has 1 fully saturated rings. The second-order valence-electron chi connectivity index (χ2n) is 7.74. The van der Waals surface area contributed by atoms with E-state index in [1.165, 1.54) is 11.1 Å². The predicted octanol–water partition coefficient (Wildman–Crippen LogP) is 1.86. The molecular weight excluding hydrogens is 288 g/mol. The van der Waals surface area contributed by atoms with Crippen LogP contribution in [0.5, 0.6) is 0 Å². The van der Waals surface area contributed by atoms with Gasteiger partial charge >= 0.3 is 0 Å². The van der Waals surface area contributed by atoms with Crippen molar-refractivity contribution in [3.8, 4) is 0 Å². The van der Waals surface area contributed by atoms with Crippen LogP contribution in [0.1, 0.15) is 38.5 Å². The molecule has 6 bridgehead atoms. The van der Waals surface area contributed by atoms with Crippen LogP contribution in [0, 0.1) is 11.8 Å². The largest absolute Gasteiger partial charge is 0.311 e. The Kier molecular flexibility index (Phi) is 3.98. The second-order valence-corrected chi connectivity index (χ2v) is 7.74. The lowest BCUT2D eigenvalue weighted by atomic mass is 9.73. The molecule has 4 atom stereocenters. The van der Waals surface area contributed by atoms with Gasteiger partial charge in [-0.15, -0.1) is 0 Å². The summed E-state index contributed by atoms with van der Waals surface area (Å²) in [5, 5.41) is 3.70. The summed E-state index contributed by atoms with van der Waals surface area (Å²) in [5.41, 5.74) is 2.74. The maximum Gasteiger partial charge on any atom is 0.141 e. The molecule has 5 aliphatic rings. The summed E-state index contributed by atoms with van der Waals surface area (Å²) in [6.07, 6.45) is 9.29. The van der Waals surface area contributed by atoms with Crippen molar-refractivity contribution >= 4 is 11.6 Å². The summed E-state index contributed by atoms with van der Waals surface area (Å²) < 4.78 is 0. The van der Waals surface area contributed by atoms with Gasteiger partial charge in [0.15, 0.2) is 0 Å². The minimum Gasteiger partial charge on any atom is -0.311 e. The van der Waals surface area contributed by atoms with E-state index < -0.39 is 0 Å². The number of carbonyl (C=O) groups excluding carboxylic acids is 2. The molecule has 0 aromatic heterocycles. The number of hydrogen-bond acceptors (Lipinski definition) is 4. The number of hydrogen-bond donors (Lipinski definition) is 1. The first-order chi connectivity index (χ1) is 11.1. The summed E-state index contributed by atoms with van der Waals surface area (Å²) in [4.78, 5) is 27.3. The molecule has 23 heavy (non-hydrogen) atoms. The standard InChI is InChI=1S/C19H26N2O2/c1-21-11-14-6-12-2-4-18(22)16(8-12)17-9-13(3-5-19(17)23)7-15(21)10-20-14/h8-9,14-17,20H,2-7,10-11H2,1H3/t14-,15-,16+,17+/m1/s1. The van der Waals surface area contributed by atoms with Crippen molar-refractivity contribution < 1.29 is 9.59 Å². The summed E-state index contributed by atoms with van der Waals surface area (Å²) in [6.45, 7) is 2.09. The van der Waals surface area contributed by atoms with Crippen LogP contribution in [0.3, 0.4) is 0 Å². The normalized spacial score (nSPS) is 38.5. The van der Waals surface area contributed by atoms with Crippen LogP contribution in [0.25, 0.3) is 0 Å². The number of fused-ring (bicyclic) bond motifs is 2. The Balaban J connectivity index is 1.73. The fourth-order valence-electron chi connectivity index (χ4n) is 4.71. The lowest BCUT2D eigenvalue weighted by Crippen LogP contribution is -2.55. The molecule has 0 spiro atoms. The van der Waals surface area contributed by atoms with Crippen LogP contribution in [0.15, 0.2) is 23.3 Å².